The van der Waals surface area contributed by atoms with E-state index >= 15 is 0 Å². The maximum atomic E-state index is 13.2. The lowest BCUT2D eigenvalue weighted by molar-refractivity contribution is -0.119. The second-order valence-electron chi connectivity index (χ2n) is 4.01. The van der Waals surface area contributed by atoms with Crippen LogP contribution < -0.4 is 10.6 Å². The first-order valence-corrected chi connectivity index (χ1v) is 5.89. The van der Waals surface area contributed by atoms with Gasteiger partial charge in [0.2, 0.25) is 5.91 Å². The fraction of sp³-hybridized carbons (Fsp3) is 0.462. The molecule has 1 amide bonds. The first-order chi connectivity index (χ1) is 8.63. The molecule has 0 saturated heterocycles. The number of carbonyl (C=O) groups is 1. The van der Waals surface area contributed by atoms with Crippen molar-refractivity contribution in [2.24, 2.45) is 0 Å². The average molecular weight is 254 g/mol. The molecule has 100 valence electrons. The van der Waals surface area contributed by atoms with Crippen LogP contribution in [0.3, 0.4) is 0 Å². The molecule has 4 nitrogen and oxygen atoms in total. The van der Waals surface area contributed by atoms with Crippen LogP contribution >= 0.6 is 0 Å². The number of amides is 1. The smallest absolute Gasteiger partial charge is 0.239 e. The van der Waals surface area contributed by atoms with Gasteiger partial charge in [0, 0.05) is 25.9 Å². The highest BCUT2D eigenvalue weighted by Gasteiger charge is 2.02. The Morgan fingerprint density at radius 2 is 2.22 bits per heavy atom. The van der Waals surface area contributed by atoms with E-state index in [9.17, 15) is 9.18 Å². The Hall–Kier alpha value is -1.62. The van der Waals surface area contributed by atoms with Crippen molar-refractivity contribution in [1.29, 1.82) is 0 Å². The topological polar surface area (TPSA) is 50.4 Å². The Balaban J connectivity index is 2.27. The molecule has 0 aliphatic heterocycles. The number of hydrogen-bond acceptors (Lipinski definition) is 3. The summed E-state index contributed by atoms with van der Waals surface area (Å²) in [5.41, 5.74) is 1.19. The lowest BCUT2D eigenvalue weighted by atomic mass is 10.2. The first kappa shape index (κ1) is 14.4. The molecule has 2 N–H and O–H groups in total. The maximum absolute atomic E-state index is 13.2. The molecular formula is C13H19FN2O2. The normalized spacial score (nSPS) is 10.2. The van der Waals surface area contributed by atoms with Gasteiger partial charge in [-0.2, -0.15) is 0 Å². The van der Waals surface area contributed by atoms with Crippen LogP contribution in [0.4, 0.5) is 10.1 Å². The number of hydrogen-bond donors (Lipinski definition) is 2. The third-order valence-electron chi connectivity index (χ3n) is 2.47. The quantitative estimate of drug-likeness (QED) is 0.728. The summed E-state index contributed by atoms with van der Waals surface area (Å²) in [6.07, 6.45) is 0.779. The van der Waals surface area contributed by atoms with Crippen LogP contribution in [0.15, 0.2) is 18.2 Å². The van der Waals surface area contributed by atoms with E-state index in [0.29, 0.717) is 24.4 Å². The van der Waals surface area contributed by atoms with E-state index in [-0.39, 0.29) is 18.3 Å². The van der Waals surface area contributed by atoms with Gasteiger partial charge in [-0.1, -0.05) is 6.07 Å². The molecule has 0 heterocycles. The molecule has 0 aromatic heterocycles. The molecular weight excluding hydrogens is 235 g/mol. The summed E-state index contributed by atoms with van der Waals surface area (Å²) in [7, 11) is 1.62. The van der Waals surface area contributed by atoms with E-state index in [2.05, 4.69) is 10.6 Å². The molecule has 1 aromatic carbocycles. The molecule has 0 fully saturated rings. The minimum Gasteiger partial charge on any atom is -0.385 e. The standard InChI is InChI=1S/C13H19FN2O2/c1-10-4-5-11(8-12(10)14)16-9-13(17)15-6-3-7-18-2/h4-5,8,16H,3,6-7,9H2,1-2H3,(H,15,17). The average Bonchev–Trinajstić information content (AvgIpc) is 2.36. The molecule has 0 atom stereocenters. The summed E-state index contributed by atoms with van der Waals surface area (Å²) < 4.78 is 18.1. The van der Waals surface area contributed by atoms with Gasteiger partial charge in [0.15, 0.2) is 0 Å². The van der Waals surface area contributed by atoms with Gasteiger partial charge in [0.25, 0.3) is 0 Å². The minimum atomic E-state index is -0.277. The third kappa shape index (κ3) is 5.14. The molecule has 0 spiro atoms. The molecule has 18 heavy (non-hydrogen) atoms. The predicted octanol–water partition coefficient (Wildman–Crippen LogP) is 1.70. The van der Waals surface area contributed by atoms with E-state index in [1.54, 1.807) is 26.2 Å². The van der Waals surface area contributed by atoms with Crippen LogP contribution in [-0.2, 0) is 9.53 Å². The Morgan fingerprint density at radius 3 is 2.89 bits per heavy atom. The largest absolute Gasteiger partial charge is 0.385 e. The third-order valence-corrected chi connectivity index (χ3v) is 2.47. The SMILES string of the molecule is COCCCNC(=O)CNc1ccc(C)c(F)c1. The fourth-order valence-corrected chi connectivity index (χ4v) is 1.39. The highest BCUT2D eigenvalue weighted by atomic mass is 19.1. The molecule has 5 heteroatoms. The lowest BCUT2D eigenvalue weighted by Crippen LogP contribution is -2.31. The molecule has 0 unspecified atom stereocenters. The van der Waals surface area contributed by atoms with Crippen molar-refractivity contribution >= 4 is 11.6 Å². The number of aryl methyl sites for hydroxylation is 1. The van der Waals surface area contributed by atoms with Crippen LogP contribution in [0.5, 0.6) is 0 Å². The highest BCUT2D eigenvalue weighted by molar-refractivity contribution is 5.80. The Bertz CT molecular complexity index is 397. The molecule has 0 bridgehead atoms. The van der Waals surface area contributed by atoms with E-state index in [1.165, 1.54) is 6.07 Å². The number of benzene rings is 1. The molecule has 1 rings (SSSR count). The van der Waals surface area contributed by atoms with Crippen LogP contribution in [0, 0.1) is 12.7 Å². The first-order valence-electron chi connectivity index (χ1n) is 5.89. The number of ether oxygens (including phenoxy) is 1. The molecule has 0 saturated carbocycles. The van der Waals surface area contributed by atoms with Gasteiger partial charge in [0.1, 0.15) is 5.82 Å². The van der Waals surface area contributed by atoms with Gasteiger partial charge in [-0.25, -0.2) is 4.39 Å². The van der Waals surface area contributed by atoms with Gasteiger partial charge in [-0.3, -0.25) is 4.79 Å². The fourth-order valence-electron chi connectivity index (χ4n) is 1.39. The Morgan fingerprint density at radius 1 is 1.44 bits per heavy atom. The second kappa shape index (κ2) is 7.66. The van der Waals surface area contributed by atoms with Crippen molar-refractivity contribution in [1.82, 2.24) is 5.32 Å². The van der Waals surface area contributed by atoms with E-state index in [0.717, 1.165) is 6.42 Å². The summed E-state index contributed by atoms with van der Waals surface area (Å²) in [6, 6.07) is 4.80. The number of rotatable bonds is 7. The summed E-state index contributed by atoms with van der Waals surface area (Å²) in [6.45, 7) is 3.03. The van der Waals surface area contributed by atoms with Crippen molar-refractivity contribution in [3.63, 3.8) is 0 Å². The van der Waals surface area contributed by atoms with Gasteiger partial charge in [0.05, 0.1) is 6.54 Å². The van der Waals surface area contributed by atoms with Crippen molar-refractivity contribution < 1.29 is 13.9 Å². The van der Waals surface area contributed by atoms with Crippen molar-refractivity contribution in [3.8, 4) is 0 Å². The van der Waals surface area contributed by atoms with Gasteiger partial charge >= 0.3 is 0 Å². The Kier molecular flexibility index (Phi) is 6.14. The second-order valence-corrected chi connectivity index (χ2v) is 4.01. The van der Waals surface area contributed by atoms with Crippen molar-refractivity contribution in [3.05, 3.63) is 29.6 Å². The van der Waals surface area contributed by atoms with Gasteiger partial charge in [-0.15, -0.1) is 0 Å². The van der Waals surface area contributed by atoms with Crippen LogP contribution in [0.25, 0.3) is 0 Å². The zero-order valence-electron chi connectivity index (χ0n) is 10.8. The summed E-state index contributed by atoms with van der Waals surface area (Å²) in [5, 5.41) is 5.61. The number of halogens is 1. The van der Waals surface area contributed by atoms with Crippen LogP contribution in [0.2, 0.25) is 0 Å². The molecule has 0 aliphatic rings. The number of carbonyl (C=O) groups excluding carboxylic acids is 1. The van der Waals surface area contributed by atoms with Crippen LogP contribution in [-0.4, -0.2) is 32.7 Å². The number of methoxy groups -OCH3 is 1. The predicted molar refractivity (Wildman–Crippen MR) is 69.1 cm³/mol. The monoisotopic (exact) mass is 254 g/mol. The van der Waals surface area contributed by atoms with Gasteiger partial charge < -0.3 is 15.4 Å². The van der Waals surface area contributed by atoms with E-state index in [4.69, 9.17) is 4.74 Å². The Labute approximate surface area is 107 Å². The summed E-state index contributed by atoms with van der Waals surface area (Å²) >= 11 is 0. The van der Waals surface area contributed by atoms with E-state index < -0.39 is 0 Å². The lowest BCUT2D eigenvalue weighted by Gasteiger charge is -2.08. The van der Waals surface area contributed by atoms with Crippen molar-refractivity contribution in [2.45, 2.75) is 13.3 Å². The molecule has 0 radical (unpaired) electrons. The van der Waals surface area contributed by atoms with E-state index in [1.807, 2.05) is 0 Å². The van der Waals surface area contributed by atoms with Crippen LogP contribution in [0.1, 0.15) is 12.0 Å². The minimum absolute atomic E-state index is 0.118. The van der Waals surface area contributed by atoms with Crippen molar-refractivity contribution in [2.75, 3.05) is 32.1 Å². The molecule has 0 aliphatic carbocycles. The summed E-state index contributed by atoms with van der Waals surface area (Å²) in [4.78, 5) is 11.4. The summed E-state index contributed by atoms with van der Waals surface area (Å²) in [5.74, 6) is -0.396. The van der Waals surface area contributed by atoms with Gasteiger partial charge in [-0.05, 0) is 31.0 Å². The number of nitrogens with one attached hydrogen (secondary N) is 2. The zero-order valence-corrected chi connectivity index (χ0v) is 10.8. The number of anilines is 1. The zero-order chi connectivity index (χ0) is 13.4. The molecule has 1 aromatic rings. The maximum Gasteiger partial charge on any atom is 0.239 e. The highest BCUT2D eigenvalue weighted by Crippen LogP contribution is 2.12.